The summed E-state index contributed by atoms with van der Waals surface area (Å²) in [5, 5.41) is 14.2. The Morgan fingerprint density at radius 1 is 1.05 bits per heavy atom. The van der Waals surface area contributed by atoms with Crippen LogP contribution in [0.3, 0.4) is 0 Å². The first-order chi connectivity index (χ1) is 10.1. The second-order valence-electron chi connectivity index (χ2n) is 7.03. The maximum Gasteiger partial charge on any atom is 0.229 e. The number of allylic oxidation sites excluding steroid dienone is 2. The molecule has 0 heterocycles. The van der Waals surface area contributed by atoms with Crippen molar-refractivity contribution in [2.45, 2.75) is 70.3 Å². The summed E-state index contributed by atoms with van der Waals surface area (Å²) in [4.78, 5) is 12.5. The van der Waals surface area contributed by atoms with Crippen LogP contribution in [0.2, 0.25) is 0 Å². The van der Waals surface area contributed by atoms with Crippen molar-refractivity contribution in [1.29, 1.82) is 0 Å². The molecule has 0 aromatic rings. The van der Waals surface area contributed by atoms with Crippen molar-refractivity contribution in [2.24, 2.45) is 17.8 Å². The van der Waals surface area contributed by atoms with Gasteiger partial charge in [0.1, 0.15) is 0 Å². The average Bonchev–Trinajstić information content (AvgIpc) is 2.49. The minimum Gasteiger partial charge on any atom is -0.392 e. The van der Waals surface area contributed by atoms with E-state index in [1.54, 1.807) is 0 Å². The summed E-state index contributed by atoms with van der Waals surface area (Å²) < 4.78 is 0. The van der Waals surface area contributed by atoms with Gasteiger partial charge in [-0.25, -0.2) is 0 Å². The summed E-state index contributed by atoms with van der Waals surface area (Å²) >= 11 is 6.22. The third kappa shape index (κ3) is 3.45. The SMILES string of the molecule is O=C(NC1=C(Cl)CCCC1)C1CC2CCCCC2CC1O. The van der Waals surface area contributed by atoms with Gasteiger partial charge in [-0.1, -0.05) is 37.3 Å². The molecule has 118 valence electrons. The normalized spacial score (nSPS) is 37.0. The molecule has 1 amide bonds. The molecule has 2 N–H and O–H groups in total. The predicted molar refractivity (Wildman–Crippen MR) is 83.7 cm³/mol. The first kappa shape index (κ1) is 15.4. The van der Waals surface area contributed by atoms with Crippen LogP contribution in [0, 0.1) is 17.8 Å². The first-order valence-corrected chi connectivity index (χ1v) is 8.89. The molecule has 3 aliphatic rings. The van der Waals surface area contributed by atoms with Crippen molar-refractivity contribution in [3.8, 4) is 0 Å². The molecule has 0 radical (unpaired) electrons. The van der Waals surface area contributed by atoms with E-state index in [1.165, 1.54) is 25.7 Å². The second kappa shape index (κ2) is 6.70. The number of rotatable bonds is 2. The summed E-state index contributed by atoms with van der Waals surface area (Å²) in [6.07, 6.45) is 10.1. The molecule has 0 bridgehead atoms. The highest BCUT2D eigenvalue weighted by atomic mass is 35.5. The van der Waals surface area contributed by atoms with E-state index in [9.17, 15) is 9.90 Å². The Morgan fingerprint density at radius 2 is 1.71 bits per heavy atom. The zero-order chi connectivity index (χ0) is 14.8. The number of fused-ring (bicyclic) bond motifs is 1. The van der Waals surface area contributed by atoms with Gasteiger partial charge in [0.15, 0.2) is 0 Å². The van der Waals surface area contributed by atoms with Gasteiger partial charge in [0, 0.05) is 10.7 Å². The fourth-order valence-electron chi connectivity index (χ4n) is 4.38. The Morgan fingerprint density at radius 3 is 2.43 bits per heavy atom. The molecule has 3 nitrogen and oxygen atoms in total. The van der Waals surface area contributed by atoms with Crippen LogP contribution < -0.4 is 5.32 Å². The molecule has 0 aliphatic heterocycles. The number of nitrogens with one attached hydrogen (secondary N) is 1. The molecule has 4 atom stereocenters. The van der Waals surface area contributed by atoms with Crippen LogP contribution in [-0.2, 0) is 4.79 Å². The third-order valence-electron chi connectivity index (χ3n) is 5.64. The monoisotopic (exact) mass is 311 g/mol. The van der Waals surface area contributed by atoms with Crippen LogP contribution in [0.1, 0.15) is 64.2 Å². The number of hydrogen-bond acceptors (Lipinski definition) is 2. The second-order valence-corrected chi connectivity index (χ2v) is 7.49. The number of carbonyl (C=O) groups excluding carboxylic acids is 1. The van der Waals surface area contributed by atoms with E-state index in [0.717, 1.165) is 49.3 Å². The van der Waals surface area contributed by atoms with Crippen molar-refractivity contribution in [3.05, 3.63) is 10.7 Å². The minimum atomic E-state index is -0.479. The number of hydrogen-bond donors (Lipinski definition) is 2. The molecule has 0 spiro atoms. The Hall–Kier alpha value is -0.540. The molecule has 3 aliphatic carbocycles. The number of carbonyl (C=O) groups is 1. The van der Waals surface area contributed by atoms with Gasteiger partial charge in [0.2, 0.25) is 5.91 Å². The summed E-state index contributed by atoms with van der Waals surface area (Å²) in [7, 11) is 0. The largest absolute Gasteiger partial charge is 0.392 e. The molecule has 0 aromatic heterocycles. The zero-order valence-electron chi connectivity index (χ0n) is 12.6. The van der Waals surface area contributed by atoms with E-state index in [4.69, 9.17) is 11.6 Å². The van der Waals surface area contributed by atoms with Gasteiger partial charge in [0.05, 0.1) is 12.0 Å². The van der Waals surface area contributed by atoms with Crippen LogP contribution in [0.15, 0.2) is 10.7 Å². The van der Waals surface area contributed by atoms with Gasteiger partial charge in [-0.3, -0.25) is 4.79 Å². The third-order valence-corrected chi connectivity index (χ3v) is 6.06. The number of aliphatic hydroxyl groups is 1. The Bertz CT molecular complexity index is 435. The highest BCUT2D eigenvalue weighted by Crippen LogP contribution is 2.43. The highest BCUT2D eigenvalue weighted by molar-refractivity contribution is 6.30. The van der Waals surface area contributed by atoms with Gasteiger partial charge in [-0.05, 0) is 50.4 Å². The van der Waals surface area contributed by atoms with E-state index in [-0.39, 0.29) is 11.8 Å². The van der Waals surface area contributed by atoms with E-state index in [1.807, 2.05) is 0 Å². The maximum absolute atomic E-state index is 12.5. The lowest BCUT2D eigenvalue weighted by molar-refractivity contribution is -0.132. The molecule has 3 rings (SSSR count). The van der Waals surface area contributed by atoms with Gasteiger partial charge in [-0.2, -0.15) is 0 Å². The van der Waals surface area contributed by atoms with Gasteiger partial charge in [-0.15, -0.1) is 0 Å². The summed E-state index contributed by atoms with van der Waals surface area (Å²) in [6.45, 7) is 0. The quantitative estimate of drug-likeness (QED) is 0.817. The van der Waals surface area contributed by atoms with Crippen LogP contribution in [0.25, 0.3) is 0 Å². The van der Waals surface area contributed by atoms with Crippen molar-refractivity contribution in [1.82, 2.24) is 5.32 Å². The van der Waals surface area contributed by atoms with Gasteiger partial charge >= 0.3 is 0 Å². The smallest absolute Gasteiger partial charge is 0.229 e. The molecule has 2 saturated carbocycles. The fraction of sp³-hybridized carbons (Fsp3) is 0.824. The number of amides is 1. The summed E-state index contributed by atoms with van der Waals surface area (Å²) in [5.74, 6) is 1.01. The van der Waals surface area contributed by atoms with Crippen LogP contribution in [0.4, 0.5) is 0 Å². The molecule has 4 unspecified atom stereocenters. The average molecular weight is 312 g/mol. The number of halogens is 1. The lowest BCUT2D eigenvalue weighted by Gasteiger charge is -2.41. The molecule has 21 heavy (non-hydrogen) atoms. The zero-order valence-corrected chi connectivity index (χ0v) is 13.4. The van der Waals surface area contributed by atoms with Crippen LogP contribution in [0.5, 0.6) is 0 Å². The molecular weight excluding hydrogens is 286 g/mol. The lowest BCUT2D eigenvalue weighted by atomic mass is 9.66. The van der Waals surface area contributed by atoms with E-state index in [2.05, 4.69) is 5.32 Å². The maximum atomic E-state index is 12.5. The Labute approximate surface area is 132 Å². The van der Waals surface area contributed by atoms with Crippen LogP contribution >= 0.6 is 11.6 Å². The Balaban J connectivity index is 1.63. The van der Waals surface area contributed by atoms with E-state index in [0.29, 0.717) is 11.8 Å². The summed E-state index contributed by atoms with van der Waals surface area (Å²) in [5.41, 5.74) is 0.894. The van der Waals surface area contributed by atoms with E-state index >= 15 is 0 Å². The summed E-state index contributed by atoms with van der Waals surface area (Å²) in [6, 6.07) is 0. The fourth-order valence-corrected chi connectivity index (χ4v) is 4.66. The molecule has 4 heteroatoms. The van der Waals surface area contributed by atoms with E-state index < -0.39 is 6.10 Å². The van der Waals surface area contributed by atoms with Crippen LogP contribution in [-0.4, -0.2) is 17.1 Å². The number of aliphatic hydroxyl groups excluding tert-OH is 1. The molecular formula is C17H26ClNO2. The molecule has 2 fully saturated rings. The first-order valence-electron chi connectivity index (χ1n) is 8.51. The Kier molecular flexibility index (Phi) is 4.90. The molecule has 0 aromatic carbocycles. The lowest BCUT2D eigenvalue weighted by Crippen LogP contribution is -2.45. The van der Waals surface area contributed by atoms with Crippen molar-refractivity contribution in [2.75, 3.05) is 0 Å². The highest BCUT2D eigenvalue weighted by Gasteiger charge is 2.40. The minimum absolute atomic E-state index is 0.0124. The van der Waals surface area contributed by atoms with Crippen molar-refractivity contribution >= 4 is 17.5 Å². The van der Waals surface area contributed by atoms with Gasteiger partial charge in [0.25, 0.3) is 0 Å². The standard InChI is InChI=1S/C17H26ClNO2/c18-14-7-3-4-8-15(14)19-17(21)13-9-11-5-1-2-6-12(11)10-16(13)20/h11-13,16,20H,1-10H2,(H,19,21). The topological polar surface area (TPSA) is 49.3 Å². The molecule has 0 saturated heterocycles. The predicted octanol–water partition coefficient (Wildman–Crippen LogP) is 3.70. The van der Waals surface area contributed by atoms with Gasteiger partial charge < -0.3 is 10.4 Å². The van der Waals surface area contributed by atoms with Crippen molar-refractivity contribution < 1.29 is 9.90 Å². The van der Waals surface area contributed by atoms with Crippen molar-refractivity contribution in [3.63, 3.8) is 0 Å².